The summed E-state index contributed by atoms with van der Waals surface area (Å²) >= 11 is 7.16. The first kappa shape index (κ1) is 26.6. The highest BCUT2D eigenvalue weighted by atomic mass is 32.2. The summed E-state index contributed by atoms with van der Waals surface area (Å²) in [4.78, 5) is 20.7. The minimum Gasteiger partial charge on any atom is -0.381 e. The van der Waals surface area contributed by atoms with Crippen LogP contribution in [0.25, 0.3) is 0 Å². The molecule has 10 heteroatoms. The first-order chi connectivity index (χ1) is 19.7. The number of nitrogens with one attached hydrogen (secondary N) is 2. The lowest BCUT2D eigenvalue weighted by Gasteiger charge is -2.38. The molecule has 8 nitrogen and oxygen atoms in total. The van der Waals surface area contributed by atoms with Crippen molar-refractivity contribution in [3.05, 3.63) is 95.8 Å². The van der Waals surface area contributed by atoms with Gasteiger partial charge in [0.05, 0.1) is 0 Å². The van der Waals surface area contributed by atoms with Gasteiger partial charge < -0.3 is 20.3 Å². The Hall–Kier alpha value is -3.60. The standard InChI is InChI=1S/C30H31N7OS2/c39-28(33-21-30(12-17-38-18-13-30)24-9-2-1-3-10-24)36-27-34-25(19-26(35-27)40-29-31-14-6-15-32-29)37-16-11-22-7-4-5-8-23(22)20-37/h1-10,14-15,19H,11-13,16-18,20-21H2,(H2,33,34,35,36,39). The molecule has 0 radical (unpaired) electrons. The Bertz CT molecular complexity index is 1450. The van der Waals surface area contributed by atoms with E-state index in [1.165, 1.54) is 28.5 Å². The van der Waals surface area contributed by atoms with Crippen molar-refractivity contribution in [3.8, 4) is 0 Å². The maximum absolute atomic E-state index is 5.75. The summed E-state index contributed by atoms with van der Waals surface area (Å²) in [6.07, 6.45) is 6.31. The van der Waals surface area contributed by atoms with E-state index in [0.29, 0.717) is 22.8 Å². The van der Waals surface area contributed by atoms with Crippen LogP contribution in [-0.4, -0.2) is 51.4 Å². The van der Waals surface area contributed by atoms with Gasteiger partial charge in [-0.05, 0) is 66.0 Å². The molecule has 0 amide bonds. The third kappa shape index (κ3) is 6.24. The van der Waals surface area contributed by atoms with Crippen LogP contribution >= 0.6 is 24.0 Å². The van der Waals surface area contributed by atoms with Gasteiger partial charge in [-0.1, -0.05) is 54.6 Å². The molecule has 204 valence electrons. The minimum atomic E-state index is -0.0409. The number of benzene rings is 2. The molecule has 2 aliphatic rings. The Kier molecular flexibility index (Phi) is 8.17. The lowest BCUT2D eigenvalue weighted by atomic mass is 9.74. The van der Waals surface area contributed by atoms with E-state index in [4.69, 9.17) is 26.9 Å². The molecule has 0 atom stereocenters. The third-order valence-electron chi connectivity index (χ3n) is 7.53. The van der Waals surface area contributed by atoms with Crippen molar-refractivity contribution in [2.75, 3.05) is 36.5 Å². The fourth-order valence-corrected chi connectivity index (χ4v) is 6.20. The second-order valence-corrected chi connectivity index (χ2v) is 11.4. The minimum absolute atomic E-state index is 0.0409. The number of hydrogen-bond donors (Lipinski definition) is 2. The maximum Gasteiger partial charge on any atom is 0.232 e. The lowest BCUT2D eigenvalue weighted by Crippen LogP contribution is -2.45. The van der Waals surface area contributed by atoms with Crippen molar-refractivity contribution in [2.24, 2.45) is 0 Å². The van der Waals surface area contributed by atoms with E-state index in [0.717, 1.165) is 56.4 Å². The summed E-state index contributed by atoms with van der Waals surface area (Å²) in [6, 6.07) is 23.0. The van der Waals surface area contributed by atoms with Crippen LogP contribution in [0.1, 0.15) is 29.5 Å². The van der Waals surface area contributed by atoms with Crippen molar-refractivity contribution in [1.29, 1.82) is 0 Å². The summed E-state index contributed by atoms with van der Waals surface area (Å²) < 4.78 is 5.69. The zero-order valence-corrected chi connectivity index (χ0v) is 23.8. The van der Waals surface area contributed by atoms with Crippen molar-refractivity contribution < 1.29 is 4.74 Å². The fourth-order valence-electron chi connectivity index (χ4n) is 5.32. The van der Waals surface area contributed by atoms with Gasteiger partial charge in [-0.25, -0.2) is 15.0 Å². The molecule has 4 aromatic rings. The Balaban J connectivity index is 1.21. The molecule has 4 heterocycles. The van der Waals surface area contributed by atoms with E-state index in [9.17, 15) is 0 Å². The number of nitrogens with zero attached hydrogens (tertiary/aromatic N) is 5. The number of anilines is 2. The molecule has 0 unspecified atom stereocenters. The smallest absolute Gasteiger partial charge is 0.232 e. The Morgan fingerprint density at radius 3 is 2.50 bits per heavy atom. The molecule has 0 aliphatic carbocycles. The molecular formula is C30H31N7OS2. The quantitative estimate of drug-likeness (QED) is 0.180. The summed E-state index contributed by atoms with van der Waals surface area (Å²) in [5.41, 5.74) is 3.98. The molecule has 1 fully saturated rings. The Morgan fingerprint density at radius 1 is 0.950 bits per heavy atom. The molecule has 2 aromatic carbocycles. The van der Waals surface area contributed by atoms with Crippen molar-refractivity contribution in [1.82, 2.24) is 25.3 Å². The molecule has 0 spiro atoms. The van der Waals surface area contributed by atoms with Gasteiger partial charge in [0.2, 0.25) is 5.95 Å². The zero-order valence-electron chi connectivity index (χ0n) is 22.1. The van der Waals surface area contributed by atoms with E-state index < -0.39 is 0 Å². The summed E-state index contributed by atoms with van der Waals surface area (Å²) in [7, 11) is 0. The second-order valence-electron chi connectivity index (χ2n) is 10.0. The van der Waals surface area contributed by atoms with Crippen molar-refractivity contribution in [2.45, 2.75) is 41.4 Å². The number of rotatable bonds is 7. The van der Waals surface area contributed by atoms with E-state index in [2.05, 4.69) is 80.1 Å². The van der Waals surface area contributed by atoms with Gasteiger partial charge in [-0.2, -0.15) is 4.98 Å². The highest BCUT2D eigenvalue weighted by Crippen LogP contribution is 2.34. The second kappa shape index (κ2) is 12.3. The number of fused-ring (bicyclic) bond motifs is 1. The molecule has 0 saturated carbocycles. The first-order valence-corrected chi connectivity index (χ1v) is 14.7. The van der Waals surface area contributed by atoms with E-state index in [-0.39, 0.29) is 5.41 Å². The van der Waals surface area contributed by atoms with E-state index >= 15 is 0 Å². The number of hydrogen-bond acceptors (Lipinski definition) is 8. The lowest BCUT2D eigenvalue weighted by molar-refractivity contribution is 0.0515. The van der Waals surface area contributed by atoms with Crippen LogP contribution in [0.5, 0.6) is 0 Å². The Morgan fingerprint density at radius 2 is 1.70 bits per heavy atom. The van der Waals surface area contributed by atoms with Gasteiger partial charge in [0.15, 0.2) is 10.3 Å². The molecule has 1 saturated heterocycles. The molecule has 0 bridgehead atoms. The van der Waals surface area contributed by atoms with Crippen LogP contribution in [0.2, 0.25) is 0 Å². The van der Waals surface area contributed by atoms with Crippen LogP contribution < -0.4 is 15.5 Å². The third-order valence-corrected chi connectivity index (χ3v) is 8.59. The largest absolute Gasteiger partial charge is 0.381 e. The summed E-state index contributed by atoms with van der Waals surface area (Å²) in [5.74, 6) is 1.30. The van der Waals surface area contributed by atoms with Crippen LogP contribution in [0.3, 0.4) is 0 Å². The summed E-state index contributed by atoms with van der Waals surface area (Å²) in [5, 5.41) is 8.60. The Labute approximate surface area is 244 Å². The highest BCUT2D eigenvalue weighted by molar-refractivity contribution is 7.99. The maximum atomic E-state index is 5.75. The molecule has 2 aromatic heterocycles. The van der Waals surface area contributed by atoms with Crippen LogP contribution in [0, 0.1) is 0 Å². The van der Waals surface area contributed by atoms with E-state index in [1.807, 2.05) is 6.07 Å². The van der Waals surface area contributed by atoms with E-state index in [1.54, 1.807) is 18.5 Å². The van der Waals surface area contributed by atoms with Gasteiger partial charge in [0, 0.05) is 56.7 Å². The molecule has 2 N–H and O–H groups in total. The molecule has 6 rings (SSSR count). The monoisotopic (exact) mass is 569 g/mol. The van der Waals surface area contributed by atoms with Crippen LogP contribution in [0.4, 0.5) is 11.8 Å². The summed E-state index contributed by atoms with van der Waals surface area (Å²) in [6.45, 7) is 3.85. The van der Waals surface area contributed by atoms with Crippen LogP contribution in [0.15, 0.2) is 89.3 Å². The average molecular weight is 570 g/mol. The normalized spacial score (nSPS) is 16.1. The number of thiocarbonyl (C=S) groups is 1. The predicted molar refractivity (Wildman–Crippen MR) is 162 cm³/mol. The van der Waals surface area contributed by atoms with Gasteiger partial charge in [0.1, 0.15) is 10.8 Å². The molecule has 40 heavy (non-hydrogen) atoms. The number of aromatic nitrogens is 4. The zero-order chi connectivity index (χ0) is 27.2. The van der Waals surface area contributed by atoms with Crippen molar-refractivity contribution in [3.63, 3.8) is 0 Å². The topological polar surface area (TPSA) is 88.1 Å². The molecular weight excluding hydrogens is 539 g/mol. The molecule has 2 aliphatic heterocycles. The highest BCUT2D eigenvalue weighted by Gasteiger charge is 2.34. The van der Waals surface area contributed by atoms with Crippen LogP contribution in [-0.2, 0) is 23.1 Å². The van der Waals surface area contributed by atoms with Gasteiger partial charge in [-0.3, -0.25) is 0 Å². The van der Waals surface area contributed by atoms with Gasteiger partial charge in [-0.15, -0.1) is 0 Å². The first-order valence-electron chi connectivity index (χ1n) is 13.5. The number of ether oxygens (including phenoxy) is 1. The fraction of sp³-hybridized carbons (Fsp3) is 0.300. The average Bonchev–Trinajstić information content (AvgIpc) is 3.01. The van der Waals surface area contributed by atoms with Gasteiger partial charge >= 0.3 is 0 Å². The van der Waals surface area contributed by atoms with Gasteiger partial charge in [0.25, 0.3) is 0 Å². The SMILES string of the molecule is S=C(NCC1(c2ccccc2)CCOCC1)Nc1nc(Sc2ncccn2)cc(N2CCc3ccccc3C2)n1. The predicted octanol–water partition coefficient (Wildman–Crippen LogP) is 5.02. The van der Waals surface area contributed by atoms with Crippen molar-refractivity contribution >= 4 is 40.9 Å².